The number of morpholine rings is 1. The van der Waals surface area contributed by atoms with Gasteiger partial charge in [-0.25, -0.2) is 4.98 Å². The quantitative estimate of drug-likeness (QED) is 0.505. The third kappa shape index (κ3) is 4.90. The van der Waals surface area contributed by atoms with Crippen LogP contribution in [0.15, 0.2) is 40.8 Å². The summed E-state index contributed by atoms with van der Waals surface area (Å²) in [6.45, 7) is 9.75. The second-order valence-corrected chi connectivity index (χ2v) is 9.68. The van der Waals surface area contributed by atoms with Crippen molar-refractivity contribution < 1.29 is 13.9 Å². The molecule has 7 heteroatoms. The molecule has 0 aliphatic carbocycles. The number of nitrogens with one attached hydrogen (secondary N) is 1. The first-order valence-corrected chi connectivity index (χ1v) is 12.4. The number of hydrogen-bond donors (Lipinski definition) is 1. The number of carbonyl (C=O) groups is 1. The van der Waals surface area contributed by atoms with Crippen LogP contribution >= 0.6 is 11.3 Å². The first-order valence-electron chi connectivity index (χ1n) is 11.6. The first kappa shape index (κ1) is 23.0. The molecule has 2 aromatic heterocycles. The van der Waals surface area contributed by atoms with Gasteiger partial charge in [0.15, 0.2) is 0 Å². The van der Waals surface area contributed by atoms with Gasteiger partial charge in [0.2, 0.25) is 5.91 Å². The van der Waals surface area contributed by atoms with E-state index in [-0.39, 0.29) is 11.9 Å². The summed E-state index contributed by atoms with van der Waals surface area (Å²) in [4.78, 5) is 20.7. The Morgan fingerprint density at radius 3 is 2.59 bits per heavy atom. The molecule has 6 nitrogen and oxygen atoms in total. The van der Waals surface area contributed by atoms with Crippen LogP contribution in [-0.2, 0) is 16.0 Å². The Morgan fingerprint density at radius 2 is 1.94 bits per heavy atom. The van der Waals surface area contributed by atoms with Gasteiger partial charge in [-0.1, -0.05) is 26.0 Å². The molecule has 1 atom stereocenters. The Morgan fingerprint density at radius 1 is 1.19 bits per heavy atom. The highest BCUT2D eigenvalue weighted by molar-refractivity contribution is 7.18. The van der Waals surface area contributed by atoms with Crippen molar-refractivity contribution in [2.75, 3.05) is 32.8 Å². The van der Waals surface area contributed by atoms with Crippen LogP contribution in [0.3, 0.4) is 0 Å². The molecular formula is C25H33N3O3S. The third-order valence-corrected chi connectivity index (χ3v) is 7.73. The Kier molecular flexibility index (Phi) is 7.28. The van der Waals surface area contributed by atoms with Crippen molar-refractivity contribution in [3.63, 3.8) is 0 Å². The van der Waals surface area contributed by atoms with Gasteiger partial charge in [0.25, 0.3) is 0 Å². The van der Waals surface area contributed by atoms with Crippen LogP contribution in [0.5, 0.6) is 0 Å². The molecule has 1 aromatic carbocycles. The van der Waals surface area contributed by atoms with E-state index >= 15 is 0 Å². The lowest BCUT2D eigenvalue weighted by atomic mass is 9.78. The number of thiazole rings is 1. The molecule has 1 saturated heterocycles. The molecule has 0 spiro atoms. The molecule has 1 N–H and O–H groups in total. The summed E-state index contributed by atoms with van der Waals surface area (Å²) in [5.41, 5.74) is 0.539. The number of aromatic nitrogens is 1. The standard InChI is InChI=1S/C25H33N3O3S/c1-4-25(5-2,16-23-27-19-8-6-7-9-22(19)32-23)24(29)26-17-20(21-11-10-18(3)31-21)28-12-14-30-15-13-28/h6-11,20H,4-5,12-17H2,1-3H3,(H,26,29). The summed E-state index contributed by atoms with van der Waals surface area (Å²) in [7, 11) is 0. The Balaban J connectivity index is 1.50. The summed E-state index contributed by atoms with van der Waals surface area (Å²) in [6, 6.07) is 12.2. The monoisotopic (exact) mass is 455 g/mol. The summed E-state index contributed by atoms with van der Waals surface area (Å²) in [5, 5.41) is 4.30. The SMILES string of the molecule is CCC(CC)(Cc1nc2ccccc2s1)C(=O)NCC(c1ccc(C)o1)N1CCOCC1. The number of nitrogens with zero attached hydrogens (tertiary/aromatic N) is 2. The van der Waals surface area contributed by atoms with Crippen molar-refractivity contribution in [2.24, 2.45) is 5.41 Å². The number of rotatable bonds is 9. The fourth-order valence-corrected chi connectivity index (χ4v) is 5.61. The van der Waals surface area contributed by atoms with Crippen molar-refractivity contribution in [1.82, 2.24) is 15.2 Å². The van der Waals surface area contributed by atoms with Crippen molar-refractivity contribution in [3.8, 4) is 0 Å². The maximum Gasteiger partial charge on any atom is 0.226 e. The molecule has 0 saturated carbocycles. The van der Waals surface area contributed by atoms with Crippen LogP contribution in [-0.4, -0.2) is 48.6 Å². The van der Waals surface area contributed by atoms with Gasteiger partial charge in [-0.15, -0.1) is 11.3 Å². The minimum absolute atomic E-state index is 0.00501. The summed E-state index contributed by atoms with van der Waals surface area (Å²) in [6.07, 6.45) is 2.20. The fourth-order valence-electron chi connectivity index (χ4n) is 4.49. The van der Waals surface area contributed by atoms with Gasteiger partial charge in [0.05, 0.1) is 39.9 Å². The highest BCUT2D eigenvalue weighted by atomic mass is 32.1. The molecule has 1 unspecified atom stereocenters. The predicted molar refractivity (Wildman–Crippen MR) is 128 cm³/mol. The van der Waals surface area contributed by atoms with E-state index in [9.17, 15) is 4.79 Å². The maximum atomic E-state index is 13.6. The second kappa shape index (κ2) is 10.1. The van der Waals surface area contributed by atoms with Crippen LogP contribution in [0.25, 0.3) is 10.2 Å². The molecule has 0 bridgehead atoms. The number of benzene rings is 1. The van der Waals surface area contributed by atoms with E-state index in [4.69, 9.17) is 14.1 Å². The zero-order valence-electron chi connectivity index (χ0n) is 19.2. The molecule has 3 aromatic rings. The maximum absolute atomic E-state index is 13.6. The van der Waals surface area contributed by atoms with Crippen LogP contribution in [0.4, 0.5) is 0 Å². The van der Waals surface area contributed by atoms with Crippen LogP contribution in [0.1, 0.15) is 49.3 Å². The Bertz CT molecular complexity index is 1000. The minimum atomic E-state index is -0.470. The molecule has 32 heavy (non-hydrogen) atoms. The lowest BCUT2D eigenvalue weighted by Gasteiger charge is -2.35. The average Bonchev–Trinajstić information content (AvgIpc) is 3.43. The smallest absolute Gasteiger partial charge is 0.226 e. The third-order valence-electron chi connectivity index (χ3n) is 6.70. The topological polar surface area (TPSA) is 67.6 Å². The largest absolute Gasteiger partial charge is 0.465 e. The number of carbonyl (C=O) groups excluding carboxylic acids is 1. The van der Waals surface area contributed by atoms with Crippen molar-refractivity contribution in [2.45, 2.75) is 46.1 Å². The molecule has 1 aliphatic heterocycles. The summed E-state index contributed by atoms with van der Waals surface area (Å²) >= 11 is 1.69. The van der Waals surface area contributed by atoms with E-state index in [1.54, 1.807) is 11.3 Å². The minimum Gasteiger partial charge on any atom is -0.465 e. The summed E-state index contributed by atoms with van der Waals surface area (Å²) < 4.78 is 12.7. The number of amides is 1. The van der Waals surface area contributed by atoms with Gasteiger partial charge in [-0.2, -0.15) is 0 Å². The molecule has 1 amide bonds. The summed E-state index contributed by atoms with van der Waals surface area (Å²) in [5.74, 6) is 1.88. The Hall–Kier alpha value is -2.22. The van der Waals surface area contributed by atoms with E-state index in [0.717, 1.165) is 48.0 Å². The predicted octanol–water partition coefficient (Wildman–Crippen LogP) is 4.74. The van der Waals surface area contributed by atoms with Gasteiger partial charge in [-0.3, -0.25) is 9.69 Å². The zero-order chi connectivity index (χ0) is 22.6. The highest BCUT2D eigenvalue weighted by Gasteiger charge is 2.37. The number of para-hydroxylation sites is 1. The van der Waals surface area contributed by atoms with Gasteiger partial charge < -0.3 is 14.5 Å². The van der Waals surface area contributed by atoms with Crippen molar-refractivity contribution in [3.05, 3.63) is 52.9 Å². The zero-order valence-corrected chi connectivity index (χ0v) is 20.0. The second-order valence-electron chi connectivity index (χ2n) is 8.56. The van der Waals surface area contributed by atoms with E-state index in [2.05, 4.69) is 30.1 Å². The molecule has 0 radical (unpaired) electrons. The average molecular weight is 456 g/mol. The number of aryl methyl sites for hydroxylation is 1. The lowest BCUT2D eigenvalue weighted by molar-refractivity contribution is -0.132. The first-order chi connectivity index (χ1) is 15.5. The number of furan rings is 1. The van der Waals surface area contributed by atoms with E-state index in [0.29, 0.717) is 26.2 Å². The molecule has 1 aliphatic rings. The van der Waals surface area contributed by atoms with E-state index < -0.39 is 5.41 Å². The van der Waals surface area contributed by atoms with Crippen LogP contribution in [0, 0.1) is 12.3 Å². The van der Waals surface area contributed by atoms with Crippen molar-refractivity contribution in [1.29, 1.82) is 0 Å². The molecule has 4 rings (SSSR count). The number of hydrogen-bond acceptors (Lipinski definition) is 6. The Labute approximate surface area is 194 Å². The van der Waals surface area contributed by atoms with E-state index in [1.165, 1.54) is 4.70 Å². The normalized spacial score (nSPS) is 16.3. The van der Waals surface area contributed by atoms with Crippen LogP contribution < -0.4 is 5.32 Å². The molecule has 1 fully saturated rings. The van der Waals surface area contributed by atoms with Gasteiger partial charge in [0, 0.05) is 26.1 Å². The van der Waals surface area contributed by atoms with E-state index in [1.807, 2.05) is 37.3 Å². The van der Waals surface area contributed by atoms with Gasteiger partial charge >= 0.3 is 0 Å². The molecular weight excluding hydrogens is 422 g/mol. The highest BCUT2D eigenvalue weighted by Crippen LogP contribution is 2.35. The van der Waals surface area contributed by atoms with Crippen LogP contribution in [0.2, 0.25) is 0 Å². The fraction of sp³-hybridized carbons (Fsp3) is 0.520. The molecule has 3 heterocycles. The number of fused-ring (bicyclic) bond motifs is 1. The van der Waals surface area contributed by atoms with Crippen molar-refractivity contribution >= 4 is 27.5 Å². The number of ether oxygens (including phenoxy) is 1. The van der Waals surface area contributed by atoms with Gasteiger partial charge in [-0.05, 0) is 44.0 Å². The van der Waals surface area contributed by atoms with Gasteiger partial charge in [0.1, 0.15) is 11.5 Å². The molecule has 172 valence electrons. The lowest BCUT2D eigenvalue weighted by Crippen LogP contribution is -2.47.